The average molecular weight is 367 g/mol. The molecule has 5 heteroatoms. The van der Waals surface area contributed by atoms with Gasteiger partial charge in [0.25, 0.3) is 5.56 Å². The van der Waals surface area contributed by atoms with Crippen LogP contribution in [0.3, 0.4) is 0 Å². The van der Waals surface area contributed by atoms with Gasteiger partial charge in [-0.25, -0.2) is 0 Å². The number of nitrogens with one attached hydrogen (secondary N) is 1. The average Bonchev–Trinajstić information content (AvgIpc) is 2.66. The van der Waals surface area contributed by atoms with Gasteiger partial charge in [0.05, 0.1) is 5.92 Å². The maximum absolute atomic E-state index is 12.8. The first-order chi connectivity index (χ1) is 12.9. The van der Waals surface area contributed by atoms with Crippen molar-refractivity contribution in [2.24, 2.45) is 7.05 Å². The monoisotopic (exact) mass is 367 g/mol. The molecule has 5 nitrogen and oxygen atoms in total. The third-order valence-corrected chi connectivity index (χ3v) is 5.57. The van der Waals surface area contributed by atoms with E-state index in [1.807, 2.05) is 25.1 Å². The summed E-state index contributed by atoms with van der Waals surface area (Å²) in [7, 11) is 1.76. The number of anilines is 1. The third-order valence-electron chi connectivity index (χ3n) is 5.57. The van der Waals surface area contributed by atoms with Gasteiger partial charge in [-0.3, -0.25) is 9.59 Å². The first kappa shape index (κ1) is 19.2. The number of carbonyl (C=O) groups is 1. The van der Waals surface area contributed by atoms with Crippen molar-refractivity contribution >= 4 is 11.6 Å². The van der Waals surface area contributed by atoms with Gasteiger partial charge in [-0.05, 0) is 49.9 Å². The quantitative estimate of drug-likeness (QED) is 0.883. The van der Waals surface area contributed by atoms with Gasteiger partial charge in [-0.15, -0.1) is 0 Å². The molecule has 0 saturated heterocycles. The summed E-state index contributed by atoms with van der Waals surface area (Å²) in [6, 6.07) is 12.2. The Morgan fingerprint density at radius 1 is 1.30 bits per heavy atom. The topological polar surface area (TPSA) is 54.3 Å². The van der Waals surface area contributed by atoms with E-state index in [0.29, 0.717) is 6.54 Å². The predicted molar refractivity (Wildman–Crippen MR) is 109 cm³/mol. The molecule has 144 valence electrons. The molecule has 1 aliphatic heterocycles. The molecule has 3 rings (SSSR count). The van der Waals surface area contributed by atoms with Crippen molar-refractivity contribution in [1.29, 1.82) is 0 Å². The smallest absolute Gasteiger partial charge is 0.250 e. The molecule has 27 heavy (non-hydrogen) atoms. The number of hydrogen-bond acceptors (Lipinski definition) is 3. The standard InChI is InChI=1S/C22H29N3O2/c1-5-15(2)23-22(27)19-12-16(3)25(20-9-7-6-8-18(19)20)14-17-10-11-24(4)21(26)13-17/h6-11,13,15-16,19H,5,12,14H2,1-4H3,(H,23,27)/t15-,16-,19-/m0/s1. The lowest BCUT2D eigenvalue weighted by Crippen LogP contribution is -2.44. The second-order valence-electron chi connectivity index (χ2n) is 7.63. The molecule has 0 radical (unpaired) electrons. The zero-order valence-electron chi connectivity index (χ0n) is 16.6. The van der Waals surface area contributed by atoms with Gasteiger partial charge in [0.15, 0.2) is 0 Å². The summed E-state index contributed by atoms with van der Waals surface area (Å²) in [5, 5.41) is 3.14. The van der Waals surface area contributed by atoms with Crippen molar-refractivity contribution in [2.45, 2.75) is 58.2 Å². The Labute approximate surface area is 161 Å². The summed E-state index contributed by atoms with van der Waals surface area (Å²) in [5.74, 6) is -0.0260. The third kappa shape index (κ3) is 4.07. The van der Waals surface area contributed by atoms with Crippen molar-refractivity contribution in [3.8, 4) is 0 Å². The Balaban J connectivity index is 1.90. The minimum Gasteiger partial charge on any atom is -0.364 e. The fourth-order valence-corrected chi connectivity index (χ4v) is 3.70. The molecule has 0 fully saturated rings. The number of pyridine rings is 1. The maximum atomic E-state index is 12.8. The van der Waals surface area contributed by atoms with Gasteiger partial charge in [0.1, 0.15) is 0 Å². The maximum Gasteiger partial charge on any atom is 0.250 e. The first-order valence-corrected chi connectivity index (χ1v) is 9.72. The zero-order chi connectivity index (χ0) is 19.6. The van der Waals surface area contributed by atoms with E-state index >= 15 is 0 Å². The lowest BCUT2D eigenvalue weighted by molar-refractivity contribution is -0.123. The van der Waals surface area contributed by atoms with Crippen LogP contribution in [0, 0.1) is 0 Å². The number of aryl methyl sites for hydroxylation is 1. The van der Waals surface area contributed by atoms with Gasteiger partial charge >= 0.3 is 0 Å². The van der Waals surface area contributed by atoms with E-state index in [9.17, 15) is 9.59 Å². The highest BCUT2D eigenvalue weighted by Crippen LogP contribution is 2.39. The number of para-hydroxylation sites is 1. The number of benzene rings is 1. The molecule has 2 heterocycles. The molecule has 0 unspecified atom stereocenters. The number of amides is 1. The van der Waals surface area contributed by atoms with Crippen LogP contribution in [0.4, 0.5) is 5.69 Å². The van der Waals surface area contributed by atoms with E-state index in [2.05, 4.69) is 36.2 Å². The van der Waals surface area contributed by atoms with Gasteiger partial charge in [0, 0.05) is 43.6 Å². The van der Waals surface area contributed by atoms with Crippen molar-refractivity contribution in [1.82, 2.24) is 9.88 Å². The van der Waals surface area contributed by atoms with Crippen LogP contribution >= 0.6 is 0 Å². The normalized spacial score (nSPS) is 20.1. The van der Waals surface area contributed by atoms with Crippen LogP contribution < -0.4 is 15.8 Å². The first-order valence-electron chi connectivity index (χ1n) is 9.72. The van der Waals surface area contributed by atoms with Crippen molar-refractivity contribution in [3.63, 3.8) is 0 Å². The van der Waals surface area contributed by atoms with Crippen molar-refractivity contribution < 1.29 is 4.79 Å². The molecular weight excluding hydrogens is 338 g/mol. The summed E-state index contributed by atoms with van der Waals surface area (Å²) in [4.78, 5) is 27.1. The van der Waals surface area contributed by atoms with Gasteiger partial charge in [0.2, 0.25) is 5.91 Å². The second kappa shape index (κ2) is 7.99. The molecule has 0 bridgehead atoms. The van der Waals surface area contributed by atoms with E-state index in [1.165, 1.54) is 0 Å². The Hall–Kier alpha value is -2.56. The fraction of sp³-hybridized carbons (Fsp3) is 0.455. The van der Waals surface area contributed by atoms with E-state index in [0.717, 1.165) is 29.7 Å². The Bertz CT molecular complexity index is 874. The van der Waals surface area contributed by atoms with Gasteiger partial charge in [-0.2, -0.15) is 0 Å². The Morgan fingerprint density at radius 2 is 2.04 bits per heavy atom. The molecule has 1 aromatic heterocycles. The fourth-order valence-electron chi connectivity index (χ4n) is 3.70. The minimum absolute atomic E-state index is 0.00347. The number of nitrogens with zero attached hydrogens (tertiary/aromatic N) is 2. The molecule has 1 aromatic carbocycles. The number of hydrogen-bond donors (Lipinski definition) is 1. The molecule has 1 amide bonds. The summed E-state index contributed by atoms with van der Waals surface area (Å²) in [6.45, 7) is 6.93. The second-order valence-corrected chi connectivity index (χ2v) is 7.63. The van der Waals surface area contributed by atoms with Crippen molar-refractivity contribution in [2.75, 3.05) is 4.90 Å². The van der Waals surface area contributed by atoms with Crippen LogP contribution in [0.1, 0.15) is 50.7 Å². The van der Waals surface area contributed by atoms with Crippen LogP contribution in [0.15, 0.2) is 47.4 Å². The number of fused-ring (bicyclic) bond motifs is 1. The predicted octanol–water partition coefficient (Wildman–Crippen LogP) is 3.18. The lowest BCUT2D eigenvalue weighted by Gasteiger charge is -2.40. The number of carbonyl (C=O) groups excluding carboxylic acids is 1. The molecule has 1 aliphatic rings. The summed E-state index contributed by atoms with van der Waals surface area (Å²) >= 11 is 0. The van der Waals surface area contributed by atoms with E-state index < -0.39 is 0 Å². The zero-order valence-corrected chi connectivity index (χ0v) is 16.6. The minimum atomic E-state index is -0.134. The molecule has 0 saturated carbocycles. The highest BCUT2D eigenvalue weighted by atomic mass is 16.2. The Kier molecular flexibility index (Phi) is 5.68. The van der Waals surface area contributed by atoms with Crippen LogP contribution in [-0.4, -0.2) is 22.6 Å². The summed E-state index contributed by atoms with van der Waals surface area (Å²) < 4.78 is 1.58. The highest BCUT2D eigenvalue weighted by molar-refractivity contribution is 5.87. The van der Waals surface area contributed by atoms with Crippen LogP contribution in [-0.2, 0) is 18.4 Å². The SMILES string of the molecule is CC[C@H](C)NC(=O)[C@H]1C[C@H](C)N(Cc2ccn(C)c(=O)c2)c2ccccc21. The summed E-state index contributed by atoms with van der Waals surface area (Å²) in [6.07, 6.45) is 3.50. The molecule has 3 atom stereocenters. The molecule has 0 aliphatic carbocycles. The Morgan fingerprint density at radius 3 is 2.74 bits per heavy atom. The number of aromatic nitrogens is 1. The van der Waals surface area contributed by atoms with Crippen LogP contribution in [0.25, 0.3) is 0 Å². The van der Waals surface area contributed by atoms with Crippen molar-refractivity contribution in [3.05, 3.63) is 64.1 Å². The number of rotatable bonds is 5. The van der Waals surface area contributed by atoms with Gasteiger partial charge in [-0.1, -0.05) is 25.1 Å². The molecule has 0 spiro atoms. The van der Waals surface area contributed by atoms with Gasteiger partial charge < -0.3 is 14.8 Å². The highest BCUT2D eigenvalue weighted by Gasteiger charge is 2.34. The van der Waals surface area contributed by atoms with Crippen LogP contribution in [0.2, 0.25) is 0 Å². The lowest BCUT2D eigenvalue weighted by atomic mass is 9.85. The van der Waals surface area contributed by atoms with Crippen LogP contribution in [0.5, 0.6) is 0 Å². The molecular formula is C22H29N3O2. The summed E-state index contributed by atoms with van der Waals surface area (Å²) in [5.41, 5.74) is 3.14. The van der Waals surface area contributed by atoms with E-state index in [4.69, 9.17) is 0 Å². The molecule has 2 aromatic rings. The van der Waals surface area contributed by atoms with E-state index in [1.54, 1.807) is 23.9 Å². The van der Waals surface area contributed by atoms with E-state index in [-0.39, 0.29) is 29.5 Å². The largest absolute Gasteiger partial charge is 0.364 e. The molecule has 1 N–H and O–H groups in total.